The first-order chi connectivity index (χ1) is 11.2. The molecule has 3 nitrogen and oxygen atoms in total. The normalized spacial score (nSPS) is 15.6. The maximum Gasteiger partial charge on any atom is 0.0451 e. The molecule has 2 heterocycles. The minimum atomic E-state index is 0.966. The summed E-state index contributed by atoms with van der Waals surface area (Å²) in [4.78, 5) is 8.25. The Balaban J connectivity index is 1.61. The van der Waals surface area contributed by atoms with Gasteiger partial charge >= 0.3 is 0 Å². The molecule has 0 amide bonds. The van der Waals surface area contributed by atoms with Crippen LogP contribution in [-0.4, -0.2) is 36.1 Å². The average Bonchev–Trinajstić information content (AvgIpc) is 2.98. The first kappa shape index (κ1) is 15.6. The van der Waals surface area contributed by atoms with E-state index in [0.717, 1.165) is 38.4 Å². The van der Waals surface area contributed by atoms with Crippen LogP contribution in [0.5, 0.6) is 0 Å². The SMILES string of the molecule is C=Cc1[nH]cc(CN2CCN(c3ccc(C)cc3)CC2)c1C=C. The van der Waals surface area contributed by atoms with Crippen LogP contribution in [0.4, 0.5) is 5.69 Å². The largest absolute Gasteiger partial charge is 0.369 e. The predicted molar refractivity (Wildman–Crippen MR) is 99.6 cm³/mol. The molecule has 0 atom stereocenters. The molecule has 3 rings (SSSR count). The lowest BCUT2D eigenvalue weighted by Crippen LogP contribution is -2.46. The van der Waals surface area contributed by atoms with E-state index < -0.39 is 0 Å². The van der Waals surface area contributed by atoms with Crippen molar-refractivity contribution in [1.82, 2.24) is 9.88 Å². The van der Waals surface area contributed by atoms with E-state index in [1.807, 2.05) is 12.2 Å². The monoisotopic (exact) mass is 307 g/mol. The van der Waals surface area contributed by atoms with Gasteiger partial charge in [0.05, 0.1) is 0 Å². The van der Waals surface area contributed by atoms with Crippen LogP contribution in [0.25, 0.3) is 12.2 Å². The summed E-state index contributed by atoms with van der Waals surface area (Å²) in [5, 5.41) is 0. The van der Waals surface area contributed by atoms with E-state index in [9.17, 15) is 0 Å². The third kappa shape index (κ3) is 3.40. The molecule has 120 valence electrons. The standard InChI is InChI=1S/C20H25N3/c1-4-19-17(14-21-20(19)5-2)15-22-10-12-23(13-11-22)18-8-6-16(3)7-9-18/h4-9,14,21H,1-2,10-13,15H2,3H3. The third-order valence-corrected chi connectivity index (χ3v) is 4.61. The Bertz CT molecular complexity index is 673. The van der Waals surface area contributed by atoms with E-state index in [0.29, 0.717) is 0 Å². The lowest BCUT2D eigenvalue weighted by atomic mass is 10.1. The van der Waals surface area contributed by atoms with Crippen molar-refractivity contribution in [3.05, 3.63) is 66.0 Å². The quantitative estimate of drug-likeness (QED) is 0.904. The van der Waals surface area contributed by atoms with Gasteiger partial charge in [-0.25, -0.2) is 0 Å². The molecule has 1 N–H and O–H groups in total. The molecule has 1 saturated heterocycles. The van der Waals surface area contributed by atoms with Gasteiger partial charge in [0.25, 0.3) is 0 Å². The van der Waals surface area contributed by atoms with E-state index in [1.165, 1.54) is 22.4 Å². The zero-order chi connectivity index (χ0) is 16.2. The molecule has 3 heteroatoms. The number of hydrogen-bond donors (Lipinski definition) is 1. The summed E-state index contributed by atoms with van der Waals surface area (Å²) in [6, 6.07) is 8.83. The first-order valence-electron chi connectivity index (χ1n) is 8.20. The zero-order valence-corrected chi connectivity index (χ0v) is 13.9. The molecule has 0 aliphatic carbocycles. The van der Waals surface area contributed by atoms with Gasteiger partial charge in [-0.3, -0.25) is 4.90 Å². The number of aryl methyl sites for hydroxylation is 1. The summed E-state index contributed by atoms with van der Waals surface area (Å²) in [6.07, 6.45) is 5.86. The van der Waals surface area contributed by atoms with Crippen LogP contribution < -0.4 is 4.90 Å². The molecule has 0 saturated carbocycles. The van der Waals surface area contributed by atoms with Crippen LogP contribution in [0.15, 0.2) is 43.6 Å². The van der Waals surface area contributed by atoms with Gasteiger partial charge in [-0.15, -0.1) is 0 Å². The van der Waals surface area contributed by atoms with Gasteiger partial charge in [0.2, 0.25) is 0 Å². The topological polar surface area (TPSA) is 22.3 Å². The highest BCUT2D eigenvalue weighted by Gasteiger charge is 2.18. The summed E-state index contributed by atoms with van der Waals surface area (Å²) in [5.74, 6) is 0. The van der Waals surface area contributed by atoms with E-state index in [-0.39, 0.29) is 0 Å². The van der Waals surface area contributed by atoms with Crippen molar-refractivity contribution in [3.63, 3.8) is 0 Å². The van der Waals surface area contributed by atoms with Gasteiger partial charge in [-0.05, 0) is 30.7 Å². The van der Waals surface area contributed by atoms with E-state index in [2.05, 4.69) is 65.3 Å². The van der Waals surface area contributed by atoms with Crippen molar-refractivity contribution < 1.29 is 0 Å². The highest BCUT2D eigenvalue weighted by molar-refractivity contribution is 5.64. The zero-order valence-electron chi connectivity index (χ0n) is 13.9. The van der Waals surface area contributed by atoms with Gasteiger partial charge in [-0.1, -0.05) is 36.9 Å². The fourth-order valence-corrected chi connectivity index (χ4v) is 3.19. The lowest BCUT2D eigenvalue weighted by Gasteiger charge is -2.36. The van der Waals surface area contributed by atoms with Crippen molar-refractivity contribution in [2.24, 2.45) is 0 Å². The maximum absolute atomic E-state index is 3.93. The third-order valence-electron chi connectivity index (χ3n) is 4.61. The van der Waals surface area contributed by atoms with Crippen LogP contribution >= 0.6 is 0 Å². The van der Waals surface area contributed by atoms with E-state index in [4.69, 9.17) is 0 Å². The Labute approximate surface area is 138 Å². The number of H-pyrrole nitrogens is 1. The minimum absolute atomic E-state index is 0.966. The molecule has 1 aliphatic rings. The van der Waals surface area contributed by atoms with Crippen molar-refractivity contribution in [3.8, 4) is 0 Å². The van der Waals surface area contributed by atoms with Crippen molar-refractivity contribution >= 4 is 17.8 Å². The van der Waals surface area contributed by atoms with Crippen LogP contribution in [0.2, 0.25) is 0 Å². The highest BCUT2D eigenvalue weighted by atomic mass is 15.3. The van der Waals surface area contributed by atoms with E-state index >= 15 is 0 Å². The maximum atomic E-state index is 3.93. The fourth-order valence-electron chi connectivity index (χ4n) is 3.19. The second-order valence-electron chi connectivity index (χ2n) is 6.15. The van der Waals surface area contributed by atoms with Crippen LogP contribution in [0.3, 0.4) is 0 Å². The Morgan fingerprint density at radius 3 is 2.35 bits per heavy atom. The first-order valence-corrected chi connectivity index (χ1v) is 8.20. The molecular formula is C20H25N3. The van der Waals surface area contributed by atoms with Crippen LogP contribution in [0, 0.1) is 6.92 Å². The number of rotatable bonds is 5. The average molecular weight is 307 g/mol. The molecule has 1 fully saturated rings. The Morgan fingerprint density at radius 1 is 1.04 bits per heavy atom. The van der Waals surface area contributed by atoms with Crippen LogP contribution in [0.1, 0.15) is 22.4 Å². The van der Waals surface area contributed by atoms with E-state index in [1.54, 1.807) is 0 Å². The molecule has 0 bridgehead atoms. The van der Waals surface area contributed by atoms with Crippen molar-refractivity contribution in [1.29, 1.82) is 0 Å². The van der Waals surface area contributed by atoms with Crippen molar-refractivity contribution in [2.75, 3.05) is 31.1 Å². The highest BCUT2D eigenvalue weighted by Crippen LogP contribution is 2.21. The number of nitrogens with zero attached hydrogens (tertiary/aromatic N) is 2. The van der Waals surface area contributed by atoms with Gasteiger partial charge < -0.3 is 9.88 Å². The predicted octanol–water partition coefficient (Wildman–Crippen LogP) is 3.93. The summed E-state index contributed by atoms with van der Waals surface area (Å²) in [6.45, 7) is 15.2. The van der Waals surface area contributed by atoms with Gasteiger partial charge in [0, 0.05) is 55.9 Å². The molecular weight excluding hydrogens is 282 g/mol. The Morgan fingerprint density at radius 2 is 1.74 bits per heavy atom. The number of hydrogen-bond acceptors (Lipinski definition) is 2. The minimum Gasteiger partial charge on any atom is -0.369 e. The number of benzene rings is 1. The molecule has 0 radical (unpaired) electrons. The fraction of sp³-hybridized carbons (Fsp3) is 0.300. The molecule has 1 aliphatic heterocycles. The van der Waals surface area contributed by atoms with Crippen molar-refractivity contribution in [2.45, 2.75) is 13.5 Å². The molecule has 2 aromatic rings. The van der Waals surface area contributed by atoms with Gasteiger partial charge in [-0.2, -0.15) is 0 Å². The number of anilines is 1. The second kappa shape index (κ2) is 6.88. The molecule has 1 aromatic heterocycles. The summed E-state index contributed by atoms with van der Waals surface area (Å²) in [5.41, 5.74) is 6.19. The van der Waals surface area contributed by atoms with Crippen LogP contribution in [-0.2, 0) is 6.54 Å². The number of nitrogens with one attached hydrogen (secondary N) is 1. The number of aromatic amines is 1. The summed E-state index contributed by atoms with van der Waals surface area (Å²) < 4.78 is 0. The molecule has 23 heavy (non-hydrogen) atoms. The lowest BCUT2D eigenvalue weighted by molar-refractivity contribution is 0.250. The molecule has 1 aromatic carbocycles. The molecule has 0 unspecified atom stereocenters. The number of piperazine rings is 1. The summed E-state index contributed by atoms with van der Waals surface area (Å²) in [7, 11) is 0. The van der Waals surface area contributed by atoms with Gasteiger partial charge in [0.15, 0.2) is 0 Å². The molecule has 0 spiro atoms. The second-order valence-corrected chi connectivity index (χ2v) is 6.15. The Kier molecular flexibility index (Phi) is 4.68. The smallest absolute Gasteiger partial charge is 0.0451 e. The van der Waals surface area contributed by atoms with Gasteiger partial charge in [0.1, 0.15) is 0 Å². The Hall–Kier alpha value is -2.26. The summed E-state index contributed by atoms with van der Waals surface area (Å²) >= 11 is 0. The number of aromatic nitrogens is 1.